The van der Waals surface area contributed by atoms with Crippen LogP contribution in [0.5, 0.6) is 5.88 Å². The molecule has 1 unspecified atom stereocenters. The topological polar surface area (TPSA) is 90.6 Å². The number of aryl methyl sites for hydroxylation is 1. The number of carbonyl (C=O) groups excluding carboxylic acids is 1. The van der Waals surface area contributed by atoms with Crippen molar-refractivity contribution in [3.63, 3.8) is 0 Å². The molecule has 142 valence electrons. The first-order valence-electron chi connectivity index (χ1n) is 9.74. The Morgan fingerprint density at radius 3 is 2.81 bits per heavy atom. The van der Waals surface area contributed by atoms with Crippen molar-refractivity contribution in [2.45, 2.75) is 69.6 Å². The highest BCUT2D eigenvalue weighted by Crippen LogP contribution is 2.39. The van der Waals surface area contributed by atoms with Gasteiger partial charge in [0, 0.05) is 23.8 Å². The Labute approximate surface area is 154 Å². The summed E-state index contributed by atoms with van der Waals surface area (Å²) in [6.07, 6.45) is 7.70. The average molecular weight is 360 g/mol. The van der Waals surface area contributed by atoms with Gasteiger partial charge in [-0.05, 0) is 51.4 Å². The van der Waals surface area contributed by atoms with Gasteiger partial charge in [0.15, 0.2) is 6.61 Å². The number of piperidine rings is 1. The van der Waals surface area contributed by atoms with E-state index in [9.17, 15) is 4.79 Å². The van der Waals surface area contributed by atoms with Crippen LogP contribution in [0.1, 0.15) is 55.7 Å². The van der Waals surface area contributed by atoms with E-state index >= 15 is 0 Å². The maximum atomic E-state index is 12.8. The predicted octanol–water partition coefficient (Wildman–Crippen LogP) is 1.54. The van der Waals surface area contributed by atoms with Gasteiger partial charge in [0.1, 0.15) is 6.33 Å². The predicted molar refractivity (Wildman–Crippen MR) is 95.9 cm³/mol. The number of fused-ring (bicyclic) bond motifs is 5. The molecule has 4 heterocycles. The lowest BCUT2D eigenvalue weighted by Gasteiger charge is -2.40. The van der Waals surface area contributed by atoms with E-state index in [1.807, 2.05) is 11.8 Å². The van der Waals surface area contributed by atoms with Gasteiger partial charge in [-0.15, -0.1) is 0 Å². The highest BCUT2D eigenvalue weighted by atomic mass is 16.5. The first-order valence-corrected chi connectivity index (χ1v) is 9.74. The van der Waals surface area contributed by atoms with Crippen molar-refractivity contribution in [3.05, 3.63) is 17.6 Å². The number of nitrogens with zero attached hydrogens (tertiary/aromatic N) is 3. The second-order valence-corrected chi connectivity index (χ2v) is 7.73. The fourth-order valence-electron chi connectivity index (χ4n) is 4.62. The number of rotatable bonds is 0. The van der Waals surface area contributed by atoms with Gasteiger partial charge in [0.2, 0.25) is 5.88 Å². The van der Waals surface area contributed by atoms with Gasteiger partial charge in [0.05, 0.1) is 18.8 Å². The SMILES string of the molecule is Cc1ncnc2c1C1CCC(CC1)OCC1[C@@H](N)CCCN1C(=O)CO2. The second-order valence-electron chi connectivity index (χ2n) is 7.73. The van der Waals surface area contributed by atoms with Crippen molar-refractivity contribution in [1.82, 2.24) is 14.9 Å². The minimum Gasteiger partial charge on any atom is -0.467 e. The van der Waals surface area contributed by atoms with E-state index in [2.05, 4.69) is 9.97 Å². The summed E-state index contributed by atoms with van der Waals surface area (Å²) < 4.78 is 12.1. The summed E-state index contributed by atoms with van der Waals surface area (Å²) in [4.78, 5) is 23.4. The van der Waals surface area contributed by atoms with Gasteiger partial charge < -0.3 is 20.1 Å². The molecule has 0 spiro atoms. The molecule has 0 radical (unpaired) electrons. The van der Waals surface area contributed by atoms with Gasteiger partial charge in [-0.25, -0.2) is 9.97 Å². The molecule has 1 saturated carbocycles. The van der Waals surface area contributed by atoms with Crippen molar-refractivity contribution in [2.24, 2.45) is 5.73 Å². The zero-order chi connectivity index (χ0) is 18.1. The third kappa shape index (κ3) is 3.42. The maximum Gasteiger partial charge on any atom is 0.260 e. The lowest BCUT2D eigenvalue weighted by atomic mass is 9.82. The van der Waals surface area contributed by atoms with Crippen LogP contribution in [0, 0.1) is 6.92 Å². The van der Waals surface area contributed by atoms with Crippen LogP contribution in [0.4, 0.5) is 0 Å². The molecule has 2 atom stereocenters. The summed E-state index contributed by atoms with van der Waals surface area (Å²) in [7, 11) is 0. The number of nitrogens with two attached hydrogens (primary N) is 1. The Hall–Kier alpha value is -1.73. The van der Waals surface area contributed by atoms with Gasteiger partial charge in [-0.1, -0.05) is 0 Å². The highest BCUT2D eigenvalue weighted by molar-refractivity contribution is 5.78. The number of hydrogen-bond donors (Lipinski definition) is 1. The Morgan fingerprint density at radius 1 is 1.19 bits per heavy atom. The molecule has 1 aromatic heterocycles. The normalized spacial score (nSPS) is 32.5. The van der Waals surface area contributed by atoms with E-state index in [4.69, 9.17) is 15.2 Å². The van der Waals surface area contributed by atoms with E-state index in [0.29, 0.717) is 24.9 Å². The molecule has 7 heteroatoms. The summed E-state index contributed by atoms with van der Waals surface area (Å²) in [6, 6.07) is -0.101. The number of aromatic nitrogens is 2. The monoisotopic (exact) mass is 360 g/mol. The molecular weight excluding hydrogens is 332 g/mol. The molecular formula is C19H28N4O3. The second kappa shape index (κ2) is 7.48. The van der Waals surface area contributed by atoms with Crippen LogP contribution in [0.3, 0.4) is 0 Å². The van der Waals surface area contributed by atoms with Gasteiger partial charge in [-0.2, -0.15) is 0 Å². The largest absolute Gasteiger partial charge is 0.467 e. The smallest absolute Gasteiger partial charge is 0.260 e. The molecule has 0 aromatic carbocycles. The number of amides is 1. The van der Waals surface area contributed by atoms with Gasteiger partial charge >= 0.3 is 0 Å². The molecule has 3 aliphatic heterocycles. The van der Waals surface area contributed by atoms with Gasteiger partial charge in [0.25, 0.3) is 5.91 Å². The maximum absolute atomic E-state index is 12.8. The molecule has 7 nitrogen and oxygen atoms in total. The Kier molecular flexibility index (Phi) is 5.09. The third-order valence-electron chi connectivity index (χ3n) is 6.12. The number of ether oxygens (including phenoxy) is 2. The molecule has 1 aromatic rings. The summed E-state index contributed by atoms with van der Waals surface area (Å²) >= 11 is 0. The lowest BCUT2D eigenvalue weighted by Crippen LogP contribution is -2.57. The quantitative estimate of drug-likeness (QED) is 0.755. The van der Waals surface area contributed by atoms with Crippen molar-refractivity contribution in [2.75, 3.05) is 19.8 Å². The first kappa shape index (κ1) is 17.7. The summed E-state index contributed by atoms with van der Waals surface area (Å²) in [5, 5.41) is 0. The Balaban J connectivity index is 1.64. The Bertz CT molecular complexity index is 660. The fourth-order valence-corrected chi connectivity index (χ4v) is 4.62. The van der Waals surface area contributed by atoms with E-state index in [-0.39, 0.29) is 30.7 Å². The minimum atomic E-state index is -0.0649. The lowest BCUT2D eigenvalue weighted by molar-refractivity contribution is -0.140. The summed E-state index contributed by atoms with van der Waals surface area (Å²) in [5.74, 6) is 0.890. The Morgan fingerprint density at radius 2 is 2.00 bits per heavy atom. The molecule has 2 fully saturated rings. The van der Waals surface area contributed by atoms with Crippen LogP contribution >= 0.6 is 0 Å². The van der Waals surface area contributed by atoms with Crippen LogP contribution in [0.25, 0.3) is 0 Å². The molecule has 2 bridgehead atoms. The summed E-state index contributed by atoms with van der Waals surface area (Å²) in [5.41, 5.74) is 8.32. The van der Waals surface area contributed by atoms with Crippen LogP contribution in [-0.4, -0.2) is 58.7 Å². The number of hydrogen-bond acceptors (Lipinski definition) is 6. The van der Waals surface area contributed by atoms with Crippen LogP contribution in [-0.2, 0) is 9.53 Å². The highest BCUT2D eigenvalue weighted by Gasteiger charge is 2.35. The van der Waals surface area contributed by atoms with Crippen molar-refractivity contribution in [3.8, 4) is 5.88 Å². The van der Waals surface area contributed by atoms with Crippen molar-refractivity contribution < 1.29 is 14.3 Å². The van der Waals surface area contributed by atoms with Gasteiger partial charge in [-0.3, -0.25) is 4.79 Å². The molecule has 26 heavy (non-hydrogen) atoms. The molecule has 5 rings (SSSR count). The standard InChI is InChI=1S/C19H28N4O3/c1-12-18-13-4-6-14(7-5-13)25-9-16-15(20)3-2-8-23(16)17(24)10-26-19(18)22-11-21-12/h11,13-16H,2-10,20H2,1H3/t13?,14?,15-,16?/m0/s1. The zero-order valence-corrected chi connectivity index (χ0v) is 15.4. The first-order chi connectivity index (χ1) is 12.6. The minimum absolute atomic E-state index is 0.0111. The molecule has 1 saturated heterocycles. The van der Waals surface area contributed by atoms with Crippen LogP contribution < -0.4 is 10.5 Å². The molecule has 4 aliphatic rings. The van der Waals surface area contributed by atoms with E-state index < -0.39 is 0 Å². The molecule has 1 aliphatic carbocycles. The van der Waals surface area contributed by atoms with Crippen LogP contribution in [0.2, 0.25) is 0 Å². The van der Waals surface area contributed by atoms with Crippen LogP contribution in [0.15, 0.2) is 6.33 Å². The van der Waals surface area contributed by atoms with E-state index in [1.54, 1.807) is 0 Å². The fraction of sp³-hybridized carbons (Fsp3) is 0.737. The van der Waals surface area contributed by atoms with Crippen molar-refractivity contribution >= 4 is 5.91 Å². The third-order valence-corrected chi connectivity index (χ3v) is 6.12. The summed E-state index contributed by atoms with van der Waals surface area (Å²) in [6.45, 7) is 3.22. The molecule has 2 N–H and O–H groups in total. The van der Waals surface area contributed by atoms with Crippen molar-refractivity contribution in [1.29, 1.82) is 0 Å². The van der Waals surface area contributed by atoms with E-state index in [0.717, 1.165) is 49.8 Å². The number of carbonyl (C=O) groups is 1. The molecule has 1 amide bonds. The average Bonchev–Trinajstić information content (AvgIpc) is 2.66. The van der Waals surface area contributed by atoms with E-state index in [1.165, 1.54) is 6.33 Å². The zero-order valence-electron chi connectivity index (χ0n) is 15.4.